The summed E-state index contributed by atoms with van der Waals surface area (Å²) < 4.78 is 0. The fourth-order valence-electron chi connectivity index (χ4n) is 3.00. The fraction of sp³-hybridized carbons (Fsp3) is 0.647. The minimum atomic E-state index is 0.251. The Morgan fingerprint density at radius 2 is 1.80 bits per heavy atom. The number of nitrogens with two attached hydrogens (primary N) is 1. The van der Waals surface area contributed by atoms with Gasteiger partial charge in [-0.3, -0.25) is 0 Å². The van der Waals surface area contributed by atoms with E-state index in [0.717, 1.165) is 32.4 Å². The Balaban J connectivity index is 1.86. The van der Waals surface area contributed by atoms with Crippen molar-refractivity contribution in [3.63, 3.8) is 0 Å². The second kappa shape index (κ2) is 7.21. The SMILES string of the molecule is CCc1ccc(CC(N)CC2CN(C)CCN2C)cc1. The summed E-state index contributed by atoms with van der Waals surface area (Å²) in [5.74, 6) is 0. The van der Waals surface area contributed by atoms with Crippen LogP contribution in [0.15, 0.2) is 24.3 Å². The van der Waals surface area contributed by atoms with Crippen LogP contribution in [0.5, 0.6) is 0 Å². The molecule has 2 N–H and O–H groups in total. The first kappa shape index (κ1) is 15.5. The van der Waals surface area contributed by atoms with E-state index < -0.39 is 0 Å². The zero-order valence-corrected chi connectivity index (χ0v) is 13.2. The molecule has 1 fully saturated rings. The van der Waals surface area contributed by atoms with E-state index in [1.165, 1.54) is 17.7 Å². The van der Waals surface area contributed by atoms with Gasteiger partial charge in [-0.1, -0.05) is 31.2 Å². The maximum absolute atomic E-state index is 6.37. The standard InChI is InChI=1S/C17H29N3/c1-4-14-5-7-15(8-6-14)11-16(18)12-17-13-19(2)9-10-20(17)3/h5-8,16-17H,4,9-13,18H2,1-3H3. The van der Waals surface area contributed by atoms with Gasteiger partial charge in [0.1, 0.15) is 0 Å². The van der Waals surface area contributed by atoms with Gasteiger partial charge in [0.2, 0.25) is 0 Å². The Hall–Kier alpha value is -0.900. The number of rotatable bonds is 5. The van der Waals surface area contributed by atoms with Crippen LogP contribution < -0.4 is 5.73 Å². The molecule has 1 aromatic carbocycles. The molecule has 2 rings (SSSR count). The predicted octanol–water partition coefficient (Wildman–Crippen LogP) is 1.75. The van der Waals surface area contributed by atoms with E-state index in [-0.39, 0.29) is 6.04 Å². The molecule has 1 aliphatic rings. The zero-order chi connectivity index (χ0) is 14.5. The van der Waals surface area contributed by atoms with Crippen LogP contribution in [0.3, 0.4) is 0 Å². The highest BCUT2D eigenvalue weighted by molar-refractivity contribution is 5.23. The lowest BCUT2D eigenvalue weighted by atomic mass is 9.97. The van der Waals surface area contributed by atoms with Gasteiger partial charge in [-0.2, -0.15) is 0 Å². The molecule has 1 aliphatic heterocycles. The highest BCUT2D eigenvalue weighted by Gasteiger charge is 2.23. The van der Waals surface area contributed by atoms with Crippen molar-refractivity contribution in [2.45, 2.75) is 38.3 Å². The van der Waals surface area contributed by atoms with Crippen molar-refractivity contribution in [1.82, 2.24) is 9.80 Å². The summed E-state index contributed by atoms with van der Waals surface area (Å²) in [6, 6.07) is 9.76. The molecule has 2 unspecified atom stereocenters. The van der Waals surface area contributed by atoms with Crippen LogP contribution in [-0.2, 0) is 12.8 Å². The van der Waals surface area contributed by atoms with Crippen molar-refractivity contribution in [2.75, 3.05) is 33.7 Å². The number of hydrogen-bond donors (Lipinski definition) is 1. The predicted molar refractivity (Wildman–Crippen MR) is 86.0 cm³/mol. The summed E-state index contributed by atoms with van der Waals surface area (Å²) in [4.78, 5) is 4.87. The lowest BCUT2D eigenvalue weighted by Gasteiger charge is -2.38. The number of nitrogens with zero attached hydrogens (tertiary/aromatic N) is 2. The van der Waals surface area contributed by atoms with E-state index in [9.17, 15) is 0 Å². The molecule has 0 spiro atoms. The molecular formula is C17H29N3. The third-order valence-electron chi connectivity index (χ3n) is 4.48. The van der Waals surface area contributed by atoms with Crippen LogP contribution in [0, 0.1) is 0 Å². The van der Waals surface area contributed by atoms with Crippen LogP contribution in [0.2, 0.25) is 0 Å². The largest absolute Gasteiger partial charge is 0.327 e. The zero-order valence-electron chi connectivity index (χ0n) is 13.2. The van der Waals surface area contributed by atoms with Crippen LogP contribution in [0.4, 0.5) is 0 Å². The van der Waals surface area contributed by atoms with Gasteiger partial charge in [0.05, 0.1) is 0 Å². The molecule has 3 nitrogen and oxygen atoms in total. The van der Waals surface area contributed by atoms with E-state index in [1.807, 2.05) is 0 Å². The fourth-order valence-corrected chi connectivity index (χ4v) is 3.00. The second-order valence-corrected chi connectivity index (χ2v) is 6.27. The summed E-state index contributed by atoms with van der Waals surface area (Å²) in [7, 11) is 4.43. The first-order chi connectivity index (χ1) is 9.58. The Bertz CT molecular complexity index is 401. The highest BCUT2D eigenvalue weighted by atomic mass is 15.3. The van der Waals surface area contributed by atoms with Crippen LogP contribution in [-0.4, -0.2) is 55.6 Å². The van der Waals surface area contributed by atoms with E-state index in [0.29, 0.717) is 6.04 Å². The van der Waals surface area contributed by atoms with Crippen molar-refractivity contribution < 1.29 is 0 Å². The highest BCUT2D eigenvalue weighted by Crippen LogP contribution is 2.14. The lowest BCUT2D eigenvalue weighted by Crippen LogP contribution is -2.51. The molecule has 1 aromatic rings. The molecule has 3 heteroatoms. The van der Waals surface area contributed by atoms with Crippen molar-refractivity contribution >= 4 is 0 Å². The molecule has 112 valence electrons. The monoisotopic (exact) mass is 275 g/mol. The number of benzene rings is 1. The van der Waals surface area contributed by atoms with Crippen LogP contribution in [0.1, 0.15) is 24.5 Å². The molecular weight excluding hydrogens is 246 g/mol. The van der Waals surface area contributed by atoms with Gasteiger partial charge < -0.3 is 15.5 Å². The van der Waals surface area contributed by atoms with Crippen molar-refractivity contribution in [3.8, 4) is 0 Å². The topological polar surface area (TPSA) is 32.5 Å². The molecule has 0 aliphatic carbocycles. The van der Waals surface area contributed by atoms with Crippen LogP contribution in [0.25, 0.3) is 0 Å². The molecule has 0 bridgehead atoms. The summed E-state index contributed by atoms with van der Waals surface area (Å²) in [6.45, 7) is 5.65. The van der Waals surface area contributed by atoms with Gasteiger partial charge in [0, 0.05) is 31.7 Å². The molecule has 1 saturated heterocycles. The number of likely N-dealkylation sites (N-methyl/N-ethyl adjacent to an activating group) is 2. The summed E-state index contributed by atoms with van der Waals surface area (Å²) in [6.07, 6.45) is 3.17. The molecule has 0 amide bonds. The van der Waals surface area contributed by atoms with E-state index in [2.05, 4.69) is 55.1 Å². The lowest BCUT2D eigenvalue weighted by molar-refractivity contribution is 0.104. The van der Waals surface area contributed by atoms with Crippen molar-refractivity contribution in [3.05, 3.63) is 35.4 Å². The van der Waals surface area contributed by atoms with E-state index in [1.54, 1.807) is 0 Å². The van der Waals surface area contributed by atoms with Gasteiger partial charge >= 0.3 is 0 Å². The van der Waals surface area contributed by atoms with Gasteiger partial charge in [0.25, 0.3) is 0 Å². The summed E-state index contributed by atoms with van der Waals surface area (Å²) in [5.41, 5.74) is 9.13. The third-order valence-corrected chi connectivity index (χ3v) is 4.48. The van der Waals surface area contributed by atoms with Crippen molar-refractivity contribution in [2.24, 2.45) is 5.73 Å². The minimum Gasteiger partial charge on any atom is -0.327 e. The Morgan fingerprint density at radius 1 is 1.15 bits per heavy atom. The maximum Gasteiger partial charge on any atom is 0.0235 e. The first-order valence-corrected chi connectivity index (χ1v) is 7.80. The quantitative estimate of drug-likeness (QED) is 0.889. The Labute approximate surface area is 123 Å². The number of hydrogen-bond acceptors (Lipinski definition) is 3. The van der Waals surface area contributed by atoms with Crippen LogP contribution >= 0.6 is 0 Å². The van der Waals surface area contributed by atoms with Gasteiger partial charge in [-0.15, -0.1) is 0 Å². The molecule has 2 atom stereocenters. The summed E-state index contributed by atoms with van der Waals surface area (Å²) in [5, 5.41) is 0. The van der Waals surface area contributed by atoms with Gasteiger partial charge in [-0.05, 0) is 44.5 Å². The number of aryl methyl sites for hydroxylation is 1. The molecule has 1 heterocycles. The molecule has 0 saturated carbocycles. The van der Waals surface area contributed by atoms with Gasteiger partial charge in [-0.25, -0.2) is 0 Å². The minimum absolute atomic E-state index is 0.251. The second-order valence-electron chi connectivity index (χ2n) is 6.27. The smallest absolute Gasteiger partial charge is 0.0235 e. The molecule has 0 radical (unpaired) electrons. The first-order valence-electron chi connectivity index (χ1n) is 7.80. The maximum atomic E-state index is 6.37. The van der Waals surface area contributed by atoms with Crippen molar-refractivity contribution in [1.29, 1.82) is 0 Å². The normalized spacial score (nSPS) is 22.9. The molecule has 20 heavy (non-hydrogen) atoms. The van der Waals surface area contributed by atoms with E-state index >= 15 is 0 Å². The van der Waals surface area contributed by atoms with Gasteiger partial charge in [0.15, 0.2) is 0 Å². The summed E-state index contributed by atoms with van der Waals surface area (Å²) >= 11 is 0. The Morgan fingerprint density at radius 3 is 2.45 bits per heavy atom. The third kappa shape index (κ3) is 4.30. The van der Waals surface area contributed by atoms with E-state index in [4.69, 9.17) is 5.73 Å². The molecule has 0 aromatic heterocycles. The average molecular weight is 275 g/mol. The average Bonchev–Trinajstić information content (AvgIpc) is 2.43. The Kier molecular flexibility index (Phi) is 5.58. The number of piperazine rings is 1.